The van der Waals surface area contributed by atoms with E-state index in [1.54, 1.807) is 6.07 Å². The number of rotatable bonds is 7. The van der Waals surface area contributed by atoms with Gasteiger partial charge < -0.3 is 15.0 Å². The largest absolute Gasteiger partial charge is 0.494 e. The summed E-state index contributed by atoms with van der Waals surface area (Å²) < 4.78 is 5.92. The molecule has 1 saturated heterocycles. The highest BCUT2D eigenvalue weighted by Crippen LogP contribution is 2.34. The monoisotopic (exact) mass is 452 g/mol. The highest BCUT2D eigenvalue weighted by molar-refractivity contribution is 6.32. The molecular weight excluding hydrogens is 424 g/mol. The summed E-state index contributed by atoms with van der Waals surface area (Å²) in [6, 6.07) is 13.9. The van der Waals surface area contributed by atoms with Crippen LogP contribution in [0.2, 0.25) is 5.02 Å². The van der Waals surface area contributed by atoms with Crippen molar-refractivity contribution in [2.45, 2.75) is 32.1 Å². The molecule has 6 nitrogen and oxygen atoms in total. The Kier molecular flexibility index (Phi) is 7.19. The lowest BCUT2D eigenvalue weighted by Crippen LogP contribution is -2.46. The number of halogens is 1. The van der Waals surface area contributed by atoms with Crippen molar-refractivity contribution >= 4 is 28.9 Å². The van der Waals surface area contributed by atoms with Gasteiger partial charge in [0.05, 0.1) is 22.9 Å². The first kappa shape index (κ1) is 22.4. The van der Waals surface area contributed by atoms with Crippen LogP contribution >= 0.6 is 11.6 Å². The third-order valence-corrected chi connectivity index (χ3v) is 6.59. The lowest BCUT2D eigenvalue weighted by Gasteiger charge is -2.36. The van der Waals surface area contributed by atoms with E-state index in [-0.39, 0.29) is 11.8 Å². The van der Waals surface area contributed by atoms with Crippen LogP contribution in [0.25, 0.3) is 0 Å². The van der Waals surface area contributed by atoms with Crippen LogP contribution in [-0.4, -0.2) is 50.1 Å². The lowest BCUT2D eigenvalue weighted by molar-refractivity contribution is -0.116. The van der Waals surface area contributed by atoms with Crippen molar-refractivity contribution in [1.82, 2.24) is 4.90 Å². The fraction of sp³-hybridized carbons (Fsp3) is 0.440. The molecular formula is C25H29ClN4O2. The number of nitrogens with one attached hydrogen (secondary N) is 1. The number of hydrogen-bond donors (Lipinski definition) is 1. The molecule has 1 fully saturated rings. The Balaban J connectivity index is 1.18. The normalized spacial score (nSPS) is 18.6. The number of ether oxygens (including phenoxy) is 1. The molecule has 0 aromatic heterocycles. The predicted octanol–water partition coefficient (Wildman–Crippen LogP) is 4.64. The maximum absolute atomic E-state index is 11.8. The van der Waals surface area contributed by atoms with E-state index in [0.717, 1.165) is 62.7 Å². The molecule has 4 rings (SSSR count). The molecule has 2 heterocycles. The zero-order chi connectivity index (χ0) is 22.5. The van der Waals surface area contributed by atoms with Crippen molar-refractivity contribution in [2.75, 3.05) is 49.5 Å². The average molecular weight is 453 g/mol. The van der Waals surface area contributed by atoms with E-state index in [1.165, 1.54) is 5.56 Å². The molecule has 1 amide bonds. The first-order chi connectivity index (χ1) is 15.5. The number of unbranched alkanes of at least 4 members (excludes halogenated alkanes) is 1. The molecule has 2 aliphatic rings. The third kappa shape index (κ3) is 5.17. The van der Waals surface area contributed by atoms with Crippen molar-refractivity contribution in [3.8, 4) is 11.8 Å². The number of benzene rings is 2. The number of hydrogen-bond acceptors (Lipinski definition) is 5. The molecule has 0 aliphatic carbocycles. The van der Waals surface area contributed by atoms with E-state index < -0.39 is 0 Å². The maximum Gasteiger partial charge on any atom is 0.224 e. The first-order valence-electron chi connectivity index (χ1n) is 11.3. The van der Waals surface area contributed by atoms with Crippen molar-refractivity contribution in [3.63, 3.8) is 0 Å². The fourth-order valence-corrected chi connectivity index (χ4v) is 4.69. The van der Waals surface area contributed by atoms with E-state index in [1.807, 2.05) is 24.3 Å². The van der Waals surface area contributed by atoms with Crippen LogP contribution in [0.3, 0.4) is 0 Å². The molecule has 1 atom stereocenters. The Morgan fingerprint density at radius 1 is 1.19 bits per heavy atom. The number of nitriles is 1. The molecule has 0 bridgehead atoms. The van der Waals surface area contributed by atoms with Crippen molar-refractivity contribution in [2.24, 2.45) is 0 Å². The van der Waals surface area contributed by atoms with E-state index >= 15 is 0 Å². The number of anilines is 2. The van der Waals surface area contributed by atoms with Crippen molar-refractivity contribution in [3.05, 3.63) is 52.5 Å². The standard InChI is InChI=1S/C25H29ClN4O2/c1-18-15-25(31)28-23-16-19(7-8-20(18)23)32-14-3-2-9-29-10-12-30(13-11-29)24-6-4-5-22(26)21(24)17-27/h4-8,16,18H,2-3,9-15H2,1H3,(H,28,31). The minimum atomic E-state index is 0.0708. The fourth-order valence-electron chi connectivity index (χ4n) is 4.48. The minimum Gasteiger partial charge on any atom is -0.494 e. The Hall–Kier alpha value is -2.75. The highest BCUT2D eigenvalue weighted by atomic mass is 35.5. The van der Waals surface area contributed by atoms with Crippen LogP contribution in [-0.2, 0) is 4.79 Å². The van der Waals surface area contributed by atoms with Crippen LogP contribution in [0.5, 0.6) is 5.75 Å². The lowest BCUT2D eigenvalue weighted by atomic mass is 9.92. The Morgan fingerprint density at radius 3 is 2.78 bits per heavy atom. The predicted molar refractivity (Wildman–Crippen MR) is 128 cm³/mol. The number of amides is 1. The summed E-state index contributed by atoms with van der Waals surface area (Å²) in [5, 5.41) is 12.9. The van der Waals surface area contributed by atoms with Gasteiger partial charge in [-0.05, 0) is 49.1 Å². The van der Waals surface area contributed by atoms with E-state index in [0.29, 0.717) is 23.6 Å². The first-order valence-corrected chi connectivity index (χ1v) is 11.7. The van der Waals surface area contributed by atoms with Crippen LogP contribution in [0.1, 0.15) is 43.2 Å². The summed E-state index contributed by atoms with van der Waals surface area (Å²) in [6.45, 7) is 7.51. The van der Waals surface area contributed by atoms with Crippen LogP contribution in [0, 0.1) is 11.3 Å². The smallest absolute Gasteiger partial charge is 0.224 e. The molecule has 1 unspecified atom stereocenters. The second-order valence-electron chi connectivity index (χ2n) is 8.53. The zero-order valence-electron chi connectivity index (χ0n) is 18.4. The molecule has 2 aromatic carbocycles. The SMILES string of the molecule is CC1CC(=O)Nc2cc(OCCCCN3CCN(c4cccc(Cl)c4C#N)CC3)ccc21. The van der Waals surface area contributed by atoms with Gasteiger partial charge in [-0.25, -0.2) is 0 Å². The Bertz CT molecular complexity index is 1010. The second-order valence-corrected chi connectivity index (χ2v) is 8.94. The number of piperazine rings is 1. The van der Waals surface area contributed by atoms with Crippen LogP contribution < -0.4 is 15.0 Å². The van der Waals surface area contributed by atoms with Gasteiger partial charge in [0.25, 0.3) is 0 Å². The summed E-state index contributed by atoms with van der Waals surface area (Å²) in [6.07, 6.45) is 2.59. The third-order valence-electron chi connectivity index (χ3n) is 6.28. The van der Waals surface area contributed by atoms with E-state index in [2.05, 4.69) is 34.2 Å². The Morgan fingerprint density at radius 2 is 2.00 bits per heavy atom. The van der Waals surface area contributed by atoms with Gasteiger partial charge in [-0.15, -0.1) is 0 Å². The topological polar surface area (TPSA) is 68.6 Å². The Labute approximate surface area is 194 Å². The molecule has 32 heavy (non-hydrogen) atoms. The summed E-state index contributed by atoms with van der Waals surface area (Å²) in [7, 11) is 0. The van der Waals surface area contributed by atoms with E-state index in [4.69, 9.17) is 16.3 Å². The van der Waals surface area contributed by atoms with Gasteiger partial charge in [-0.1, -0.05) is 30.7 Å². The molecule has 0 radical (unpaired) electrons. The number of carbonyl (C=O) groups excluding carboxylic acids is 1. The van der Waals surface area contributed by atoms with Gasteiger partial charge in [-0.3, -0.25) is 9.69 Å². The van der Waals surface area contributed by atoms with Gasteiger partial charge in [-0.2, -0.15) is 5.26 Å². The molecule has 0 saturated carbocycles. The van der Waals surface area contributed by atoms with Gasteiger partial charge in [0.2, 0.25) is 5.91 Å². The summed E-state index contributed by atoms with van der Waals surface area (Å²) in [4.78, 5) is 16.5. The minimum absolute atomic E-state index is 0.0708. The number of nitrogens with zero attached hydrogens (tertiary/aromatic N) is 3. The number of carbonyl (C=O) groups is 1. The molecule has 0 spiro atoms. The molecule has 168 valence electrons. The average Bonchev–Trinajstić information content (AvgIpc) is 2.79. The molecule has 2 aliphatic heterocycles. The summed E-state index contributed by atoms with van der Waals surface area (Å²) in [5.74, 6) is 1.13. The van der Waals surface area contributed by atoms with Crippen LogP contribution in [0.4, 0.5) is 11.4 Å². The van der Waals surface area contributed by atoms with Gasteiger partial charge in [0, 0.05) is 44.4 Å². The van der Waals surface area contributed by atoms with Crippen LogP contribution in [0.15, 0.2) is 36.4 Å². The zero-order valence-corrected chi connectivity index (χ0v) is 19.2. The quantitative estimate of drug-likeness (QED) is 0.620. The van der Waals surface area contributed by atoms with Crippen molar-refractivity contribution < 1.29 is 9.53 Å². The van der Waals surface area contributed by atoms with Crippen molar-refractivity contribution in [1.29, 1.82) is 5.26 Å². The maximum atomic E-state index is 11.8. The van der Waals surface area contributed by atoms with E-state index in [9.17, 15) is 10.1 Å². The number of fused-ring (bicyclic) bond motifs is 1. The molecule has 2 aromatic rings. The summed E-state index contributed by atoms with van der Waals surface area (Å²) in [5.41, 5.74) is 3.55. The highest BCUT2D eigenvalue weighted by Gasteiger charge is 2.22. The van der Waals surface area contributed by atoms with Gasteiger partial charge in [0.15, 0.2) is 0 Å². The molecule has 7 heteroatoms. The van der Waals surface area contributed by atoms with Gasteiger partial charge in [0.1, 0.15) is 11.8 Å². The second kappa shape index (κ2) is 10.2. The molecule has 1 N–H and O–H groups in total. The summed E-state index contributed by atoms with van der Waals surface area (Å²) >= 11 is 6.18. The van der Waals surface area contributed by atoms with Gasteiger partial charge >= 0.3 is 0 Å².